The van der Waals surface area contributed by atoms with Gasteiger partial charge in [-0.1, -0.05) is 18.2 Å². The standard InChI is InChI=1S/C26H28N4O3/c27-19-10-6-18(7-11-19)26(31)30-20-14-23(32-21-4-2-1-3-5-21)16-24(15-20)33-22-12-8-17(9-13-22)25(28)29/h1-5,8-9,12-16,18-19H,6-7,10-11,27H2,(H3,28,29)(H,30,31). The minimum Gasteiger partial charge on any atom is -0.457 e. The Morgan fingerprint density at radius 2 is 1.39 bits per heavy atom. The highest BCUT2D eigenvalue weighted by molar-refractivity contribution is 5.95. The van der Waals surface area contributed by atoms with E-state index in [-0.39, 0.29) is 23.7 Å². The summed E-state index contributed by atoms with van der Waals surface area (Å²) in [4.78, 5) is 12.8. The number of nitrogen functional groups attached to an aromatic ring is 1. The Morgan fingerprint density at radius 1 is 0.818 bits per heavy atom. The van der Waals surface area contributed by atoms with E-state index in [0.717, 1.165) is 25.7 Å². The fraction of sp³-hybridized carbons (Fsp3) is 0.231. The lowest BCUT2D eigenvalue weighted by atomic mass is 9.86. The zero-order valence-corrected chi connectivity index (χ0v) is 18.3. The van der Waals surface area contributed by atoms with Gasteiger partial charge < -0.3 is 26.3 Å². The molecule has 0 aromatic heterocycles. The van der Waals surface area contributed by atoms with Crippen LogP contribution in [0.1, 0.15) is 31.2 Å². The maximum Gasteiger partial charge on any atom is 0.227 e. The van der Waals surface area contributed by atoms with Gasteiger partial charge >= 0.3 is 0 Å². The molecule has 0 bridgehead atoms. The first-order chi connectivity index (χ1) is 16.0. The topological polar surface area (TPSA) is 123 Å². The maximum atomic E-state index is 12.8. The van der Waals surface area contributed by atoms with E-state index >= 15 is 0 Å². The normalized spacial score (nSPS) is 17.7. The minimum atomic E-state index is -0.0491. The predicted molar refractivity (Wildman–Crippen MR) is 129 cm³/mol. The lowest BCUT2D eigenvalue weighted by molar-refractivity contribution is -0.120. The van der Waals surface area contributed by atoms with Crippen LogP contribution in [0.15, 0.2) is 72.8 Å². The molecule has 1 aliphatic rings. The smallest absolute Gasteiger partial charge is 0.227 e. The zero-order valence-electron chi connectivity index (χ0n) is 18.3. The number of rotatable bonds is 7. The average molecular weight is 445 g/mol. The minimum absolute atomic E-state index is 0.00604. The highest BCUT2D eigenvalue weighted by atomic mass is 16.5. The second-order valence-corrected chi connectivity index (χ2v) is 8.25. The fourth-order valence-corrected chi connectivity index (χ4v) is 3.85. The number of benzene rings is 3. The van der Waals surface area contributed by atoms with Gasteiger partial charge in [0.05, 0.1) is 0 Å². The van der Waals surface area contributed by atoms with Gasteiger partial charge in [-0.3, -0.25) is 10.2 Å². The van der Waals surface area contributed by atoms with E-state index in [0.29, 0.717) is 34.2 Å². The summed E-state index contributed by atoms with van der Waals surface area (Å²) >= 11 is 0. The van der Waals surface area contributed by atoms with Crippen LogP contribution in [0.4, 0.5) is 5.69 Å². The van der Waals surface area contributed by atoms with Gasteiger partial charge in [-0.2, -0.15) is 0 Å². The van der Waals surface area contributed by atoms with Crippen LogP contribution in [0.3, 0.4) is 0 Å². The molecular formula is C26H28N4O3. The monoisotopic (exact) mass is 444 g/mol. The Hall–Kier alpha value is -3.84. The van der Waals surface area contributed by atoms with E-state index in [2.05, 4.69) is 5.32 Å². The Balaban J connectivity index is 1.56. The molecule has 0 saturated heterocycles. The Bertz CT molecular complexity index is 1110. The van der Waals surface area contributed by atoms with Crippen molar-refractivity contribution < 1.29 is 14.3 Å². The molecule has 7 nitrogen and oxygen atoms in total. The summed E-state index contributed by atoms with van der Waals surface area (Å²) in [6.07, 6.45) is 3.30. The molecule has 1 amide bonds. The number of carbonyl (C=O) groups is 1. The first-order valence-corrected chi connectivity index (χ1v) is 11.0. The van der Waals surface area contributed by atoms with Crippen molar-refractivity contribution >= 4 is 17.4 Å². The van der Waals surface area contributed by atoms with Gasteiger partial charge in [0.1, 0.15) is 28.8 Å². The molecular weight excluding hydrogens is 416 g/mol. The molecule has 0 spiro atoms. The van der Waals surface area contributed by atoms with E-state index in [1.54, 1.807) is 42.5 Å². The largest absolute Gasteiger partial charge is 0.457 e. The number of ether oxygens (including phenoxy) is 2. The summed E-state index contributed by atoms with van der Waals surface area (Å²) in [5.41, 5.74) is 12.7. The molecule has 33 heavy (non-hydrogen) atoms. The zero-order chi connectivity index (χ0) is 23.2. The quantitative estimate of drug-likeness (QED) is 0.301. The predicted octanol–water partition coefficient (Wildman–Crippen LogP) is 5.01. The highest BCUT2D eigenvalue weighted by Crippen LogP contribution is 2.33. The summed E-state index contributed by atoms with van der Waals surface area (Å²) in [7, 11) is 0. The molecule has 0 heterocycles. The van der Waals surface area contributed by atoms with Crippen molar-refractivity contribution in [3.05, 3.63) is 78.4 Å². The Labute approximate surface area is 193 Å². The molecule has 1 fully saturated rings. The van der Waals surface area contributed by atoms with Gasteiger partial charge in [-0.05, 0) is 62.1 Å². The lowest BCUT2D eigenvalue weighted by Crippen LogP contribution is -2.32. The van der Waals surface area contributed by atoms with Crippen molar-refractivity contribution in [2.45, 2.75) is 31.7 Å². The molecule has 7 heteroatoms. The highest BCUT2D eigenvalue weighted by Gasteiger charge is 2.24. The van der Waals surface area contributed by atoms with Gasteiger partial charge in [-0.25, -0.2) is 0 Å². The van der Waals surface area contributed by atoms with Crippen LogP contribution in [0.2, 0.25) is 0 Å². The summed E-state index contributed by atoms with van der Waals surface area (Å²) in [6, 6.07) is 21.8. The number of anilines is 1. The molecule has 0 unspecified atom stereocenters. The summed E-state index contributed by atoms with van der Waals surface area (Å²) < 4.78 is 12.0. The van der Waals surface area contributed by atoms with Crippen LogP contribution in [0.25, 0.3) is 0 Å². The van der Waals surface area contributed by atoms with Crippen LogP contribution >= 0.6 is 0 Å². The third-order valence-corrected chi connectivity index (χ3v) is 5.67. The average Bonchev–Trinajstić information content (AvgIpc) is 2.80. The van der Waals surface area contributed by atoms with Crippen molar-refractivity contribution in [3.8, 4) is 23.0 Å². The van der Waals surface area contributed by atoms with E-state index in [4.69, 9.17) is 26.4 Å². The fourth-order valence-electron chi connectivity index (χ4n) is 3.85. The van der Waals surface area contributed by atoms with Gasteiger partial charge in [0.15, 0.2) is 0 Å². The van der Waals surface area contributed by atoms with Crippen molar-refractivity contribution in [3.63, 3.8) is 0 Å². The third-order valence-electron chi connectivity index (χ3n) is 5.67. The van der Waals surface area contributed by atoms with Crippen LogP contribution in [0.5, 0.6) is 23.0 Å². The number of hydrogen-bond donors (Lipinski definition) is 4. The lowest BCUT2D eigenvalue weighted by Gasteiger charge is -2.25. The van der Waals surface area contributed by atoms with Crippen molar-refractivity contribution in [1.82, 2.24) is 0 Å². The Kier molecular flexibility index (Phi) is 6.90. The number of amides is 1. The second kappa shape index (κ2) is 10.2. The molecule has 0 aliphatic heterocycles. The van der Waals surface area contributed by atoms with Gasteiger partial charge in [0.2, 0.25) is 5.91 Å². The maximum absolute atomic E-state index is 12.8. The number of carbonyl (C=O) groups excluding carboxylic acids is 1. The van der Waals surface area contributed by atoms with Gasteiger partial charge in [0.25, 0.3) is 0 Å². The van der Waals surface area contributed by atoms with Crippen LogP contribution in [0, 0.1) is 11.3 Å². The molecule has 3 aromatic rings. The summed E-state index contributed by atoms with van der Waals surface area (Å²) in [6.45, 7) is 0. The molecule has 170 valence electrons. The van der Waals surface area contributed by atoms with E-state index in [9.17, 15) is 4.79 Å². The SMILES string of the molecule is N=C(N)c1ccc(Oc2cc(NC(=O)C3CCC(N)CC3)cc(Oc3ccccc3)c2)cc1. The Morgan fingerprint density at radius 3 is 1.97 bits per heavy atom. The van der Waals surface area contributed by atoms with Crippen LogP contribution in [-0.4, -0.2) is 17.8 Å². The second-order valence-electron chi connectivity index (χ2n) is 8.25. The van der Waals surface area contributed by atoms with Crippen molar-refractivity contribution in [1.29, 1.82) is 5.41 Å². The molecule has 1 aliphatic carbocycles. The van der Waals surface area contributed by atoms with Gasteiger partial charge in [0, 0.05) is 41.4 Å². The molecule has 3 aromatic carbocycles. The molecule has 4 rings (SSSR count). The summed E-state index contributed by atoms with van der Waals surface area (Å²) in [5.74, 6) is 2.24. The van der Waals surface area contributed by atoms with Crippen molar-refractivity contribution in [2.24, 2.45) is 17.4 Å². The van der Waals surface area contributed by atoms with Gasteiger partial charge in [-0.15, -0.1) is 0 Å². The van der Waals surface area contributed by atoms with E-state index in [1.165, 1.54) is 0 Å². The molecule has 6 N–H and O–H groups in total. The number of nitrogens with one attached hydrogen (secondary N) is 2. The number of nitrogens with two attached hydrogens (primary N) is 2. The summed E-state index contributed by atoms with van der Waals surface area (Å²) in [5, 5.41) is 10.5. The molecule has 1 saturated carbocycles. The van der Waals surface area contributed by atoms with Crippen LogP contribution in [-0.2, 0) is 4.79 Å². The molecule has 0 radical (unpaired) electrons. The number of para-hydroxylation sites is 1. The first-order valence-electron chi connectivity index (χ1n) is 11.0. The van der Waals surface area contributed by atoms with Crippen LogP contribution < -0.4 is 26.3 Å². The van der Waals surface area contributed by atoms with E-state index in [1.807, 2.05) is 30.3 Å². The van der Waals surface area contributed by atoms with E-state index < -0.39 is 0 Å². The number of amidine groups is 1. The molecule has 0 atom stereocenters. The first kappa shape index (κ1) is 22.4. The number of hydrogen-bond acceptors (Lipinski definition) is 5. The van der Waals surface area contributed by atoms with Crippen molar-refractivity contribution in [2.75, 3.05) is 5.32 Å². The third kappa shape index (κ3) is 6.11.